The summed E-state index contributed by atoms with van der Waals surface area (Å²) in [5, 5.41) is 9.90. The van der Waals surface area contributed by atoms with E-state index in [0.717, 1.165) is 4.57 Å². The molecule has 20 heavy (non-hydrogen) atoms. The van der Waals surface area contributed by atoms with Crippen LogP contribution >= 0.6 is 0 Å². The number of hydrogen-bond donors (Lipinski definition) is 1. The lowest BCUT2D eigenvalue weighted by Gasteiger charge is -2.24. The number of imidazole rings is 1. The third-order valence-corrected chi connectivity index (χ3v) is 3.17. The molecule has 0 fully saturated rings. The van der Waals surface area contributed by atoms with E-state index in [-0.39, 0.29) is 17.1 Å². The zero-order valence-electron chi connectivity index (χ0n) is 10.6. The smallest absolute Gasteiger partial charge is 0.363 e. The zero-order valence-corrected chi connectivity index (χ0v) is 10.6. The summed E-state index contributed by atoms with van der Waals surface area (Å²) in [4.78, 5) is 4.08. The summed E-state index contributed by atoms with van der Waals surface area (Å²) in [5.41, 5.74) is 0.719. The van der Waals surface area contributed by atoms with E-state index >= 15 is 0 Å². The van der Waals surface area contributed by atoms with Crippen molar-refractivity contribution < 1.29 is 18.3 Å². The second-order valence-electron chi connectivity index (χ2n) is 4.49. The van der Waals surface area contributed by atoms with Gasteiger partial charge in [-0.3, -0.25) is 4.57 Å². The minimum Gasteiger partial charge on any atom is -0.466 e. The Morgan fingerprint density at radius 3 is 2.70 bits per heavy atom. The van der Waals surface area contributed by atoms with Crippen LogP contribution in [-0.2, 0) is 6.05 Å². The molecule has 104 valence electrons. The maximum atomic E-state index is 14.5. The van der Waals surface area contributed by atoms with Crippen molar-refractivity contribution in [2.24, 2.45) is 0 Å². The minimum atomic E-state index is -3.56. The number of aryl methyl sites for hydroxylation is 1. The Kier molecular flexibility index (Phi) is 2.83. The molecular formula is C14H12F2N2O2. The summed E-state index contributed by atoms with van der Waals surface area (Å²) < 4.78 is 34.7. The highest BCUT2D eigenvalue weighted by Crippen LogP contribution is 2.39. The van der Waals surface area contributed by atoms with Gasteiger partial charge in [0.05, 0.1) is 17.3 Å². The van der Waals surface area contributed by atoms with Gasteiger partial charge < -0.3 is 9.52 Å². The van der Waals surface area contributed by atoms with Gasteiger partial charge in [-0.15, -0.1) is 0 Å². The van der Waals surface area contributed by atoms with Gasteiger partial charge in [0.2, 0.25) is 0 Å². The summed E-state index contributed by atoms with van der Waals surface area (Å²) in [5.74, 6) is -0.0611. The highest BCUT2D eigenvalue weighted by atomic mass is 19.3. The maximum absolute atomic E-state index is 14.5. The van der Waals surface area contributed by atoms with E-state index in [4.69, 9.17) is 4.42 Å². The van der Waals surface area contributed by atoms with Crippen molar-refractivity contribution in [2.45, 2.75) is 19.1 Å². The average molecular weight is 278 g/mol. The Bertz CT molecular complexity index is 735. The fourth-order valence-corrected chi connectivity index (χ4v) is 2.26. The van der Waals surface area contributed by atoms with Crippen LogP contribution in [-0.4, -0.2) is 14.7 Å². The Balaban J connectivity index is 2.16. The number of fused-ring (bicyclic) bond motifs is 1. The van der Waals surface area contributed by atoms with Crippen molar-refractivity contribution in [3.8, 4) is 0 Å². The first-order chi connectivity index (χ1) is 9.51. The number of alkyl halides is 2. The number of aromatic nitrogens is 2. The van der Waals surface area contributed by atoms with E-state index in [2.05, 4.69) is 4.98 Å². The van der Waals surface area contributed by atoms with Crippen molar-refractivity contribution in [2.75, 3.05) is 0 Å². The molecule has 4 nitrogen and oxygen atoms in total. The van der Waals surface area contributed by atoms with Gasteiger partial charge in [0, 0.05) is 0 Å². The summed E-state index contributed by atoms with van der Waals surface area (Å²) in [7, 11) is 0. The molecule has 1 atom stereocenters. The molecule has 0 radical (unpaired) electrons. The molecule has 0 spiro atoms. The van der Waals surface area contributed by atoms with E-state index in [0.29, 0.717) is 5.52 Å². The van der Waals surface area contributed by atoms with Crippen LogP contribution < -0.4 is 0 Å². The molecule has 3 rings (SSSR count). The second-order valence-corrected chi connectivity index (χ2v) is 4.49. The average Bonchev–Trinajstić information content (AvgIpc) is 3.03. The second kappa shape index (κ2) is 4.42. The van der Waals surface area contributed by atoms with Crippen LogP contribution in [0.15, 0.2) is 47.1 Å². The highest BCUT2D eigenvalue weighted by molar-refractivity contribution is 5.76. The van der Waals surface area contributed by atoms with Gasteiger partial charge in [-0.2, -0.15) is 8.78 Å². The number of hydrogen-bond acceptors (Lipinski definition) is 3. The van der Waals surface area contributed by atoms with Crippen molar-refractivity contribution in [1.29, 1.82) is 0 Å². The Morgan fingerprint density at radius 2 is 2.00 bits per heavy atom. The fourth-order valence-electron chi connectivity index (χ4n) is 2.26. The van der Waals surface area contributed by atoms with Crippen LogP contribution in [0.4, 0.5) is 8.78 Å². The molecule has 0 amide bonds. The minimum absolute atomic E-state index is 0.127. The Hall–Kier alpha value is -2.21. The van der Waals surface area contributed by atoms with Crippen LogP contribution in [0.1, 0.15) is 17.7 Å². The Morgan fingerprint density at radius 1 is 1.25 bits per heavy atom. The standard InChI is InChI=1S/C14H12F2N2O2/c1-9-17-10-5-2-3-6-11(10)18(9)14(15,16)13(19)12-7-4-8-20-12/h2-8,13,19H,1H3. The molecule has 0 bridgehead atoms. The van der Waals surface area contributed by atoms with Crippen molar-refractivity contribution >= 4 is 11.0 Å². The van der Waals surface area contributed by atoms with Gasteiger partial charge in [-0.25, -0.2) is 4.98 Å². The summed E-state index contributed by atoms with van der Waals surface area (Å²) in [6, 6.07) is 5.76. The molecule has 1 aromatic carbocycles. The number of para-hydroxylation sites is 2. The van der Waals surface area contributed by atoms with Gasteiger partial charge >= 0.3 is 6.05 Å². The molecule has 0 aliphatic carbocycles. The number of aliphatic hydroxyl groups excluding tert-OH is 1. The molecule has 0 aliphatic rings. The highest BCUT2D eigenvalue weighted by Gasteiger charge is 2.45. The SMILES string of the molecule is Cc1nc2ccccc2n1C(F)(F)C(O)c1ccco1. The number of furan rings is 1. The monoisotopic (exact) mass is 278 g/mol. The van der Waals surface area contributed by atoms with Crippen LogP contribution in [0.3, 0.4) is 0 Å². The van der Waals surface area contributed by atoms with Crippen LogP contribution in [0.25, 0.3) is 11.0 Å². The van der Waals surface area contributed by atoms with Gasteiger partial charge in [0.25, 0.3) is 0 Å². The normalized spacial score (nSPS) is 13.8. The van der Waals surface area contributed by atoms with E-state index in [1.165, 1.54) is 31.4 Å². The molecule has 3 aromatic rings. The van der Waals surface area contributed by atoms with E-state index in [1.54, 1.807) is 18.2 Å². The first-order valence-electron chi connectivity index (χ1n) is 6.05. The fraction of sp³-hybridized carbons (Fsp3) is 0.214. The molecular weight excluding hydrogens is 266 g/mol. The van der Waals surface area contributed by atoms with Gasteiger partial charge in [0.1, 0.15) is 11.6 Å². The molecule has 0 saturated carbocycles. The van der Waals surface area contributed by atoms with Gasteiger partial charge in [-0.1, -0.05) is 12.1 Å². The topological polar surface area (TPSA) is 51.2 Å². The zero-order chi connectivity index (χ0) is 14.3. The lowest BCUT2D eigenvalue weighted by Crippen LogP contribution is -2.31. The first-order valence-corrected chi connectivity index (χ1v) is 6.05. The third-order valence-electron chi connectivity index (χ3n) is 3.17. The van der Waals surface area contributed by atoms with Crippen molar-refractivity contribution in [3.63, 3.8) is 0 Å². The Labute approximate surface area is 113 Å². The first kappa shape index (κ1) is 12.8. The van der Waals surface area contributed by atoms with Crippen molar-refractivity contribution in [1.82, 2.24) is 9.55 Å². The summed E-state index contributed by atoms with van der Waals surface area (Å²) >= 11 is 0. The number of halogens is 2. The van der Waals surface area contributed by atoms with Crippen LogP contribution in [0.2, 0.25) is 0 Å². The van der Waals surface area contributed by atoms with E-state index in [1.807, 2.05) is 0 Å². The van der Waals surface area contributed by atoms with E-state index < -0.39 is 12.2 Å². The molecule has 0 saturated heterocycles. The number of aliphatic hydroxyl groups is 1. The maximum Gasteiger partial charge on any atom is 0.363 e. The summed E-state index contributed by atoms with van der Waals surface area (Å²) in [6.45, 7) is 1.47. The number of rotatable bonds is 3. The predicted octanol–water partition coefficient (Wildman–Crippen LogP) is 3.22. The summed E-state index contributed by atoms with van der Waals surface area (Å²) in [6.07, 6.45) is -0.832. The molecule has 2 heterocycles. The molecule has 0 aliphatic heterocycles. The predicted molar refractivity (Wildman–Crippen MR) is 68.3 cm³/mol. The van der Waals surface area contributed by atoms with Crippen LogP contribution in [0, 0.1) is 6.92 Å². The quantitative estimate of drug-likeness (QED) is 0.800. The lowest BCUT2D eigenvalue weighted by atomic mass is 10.2. The largest absolute Gasteiger partial charge is 0.466 e. The number of benzene rings is 1. The molecule has 6 heteroatoms. The molecule has 2 aromatic heterocycles. The van der Waals surface area contributed by atoms with Gasteiger partial charge in [0.15, 0.2) is 6.10 Å². The number of nitrogens with zero attached hydrogens (tertiary/aromatic N) is 2. The van der Waals surface area contributed by atoms with Crippen molar-refractivity contribution in [3.05, 3.63) is 54.2 Å². The lowest BCUT2D eigenvalue weighted by molar-refractivity contribution is -0.179. The molecule has 1 unspecified atom stereocenters. The molecule has 1 N–H and O–H groups in total. The third kappa shape index (κ3) is 1.80. The van der Waals surface area contributed by atoms with E-state index in [9.17, 15) is 13.9 Å². The van der Waals surface area contributed by atoms with Crippen LogP contribution in [0.5, 0.6) is 0 Å². The van der Waals surface area contributed by atoms with Gasteiger partial charge in [-0.05, 0) is 31.2 Å².